The summed E-state index contributed by atoms with van der Waals surface area (Å²) < 4.78 is 10.1. The number of aliphatic hydroxyl groups excluding tert-OH is 1. The Balaban J connectivity index is 2.31. The van der Waals surface area contributed by atoms with Crippen LogP contribution in [0.15, 0.2) is 0 Å². The highest BCUT2D eigenvalue weighted by Gasteiger charge is 2.36. The fraction of sp³-hybridized carbons (Fsp3) is 0.900. The molecule has 1 fully saturated rings. The summed E-state index contributed by atoms with van der Waals surface area (Å²) in [5.74, 6) is -0.202. The zero-order valence-corrected chi connectivity index (χ0v) is 9.97. The van der Waals surface area contributed by atoms with E-state index in [0.29, 0.717) is 13.2 Å². The molecular weight excluding hydrogens is 212 g/mol. The van der Waals surface area contributed by atoms with Gasteiger partial charge in [-0.05, 0) is 14.1 Å². The van der Waals surface area contributed by atoms with E-state index in [4.69, 9.17) is 4.74 Å². The minimum Gasteiger partial charge on any atom is -0.389 e. The molecule has 0 bridgehead atoms. The number of nitrogens with one attached hydrogen (secondary N) is 1. The Bertz CT molecular complexity index is 235. The molecule has 1 aliphatic rings. The van der Waals surface area contributed by atoms with Crippen molar-refractivity contribution < 1.29 is 19.4 Å². The maximum atomic E-state index is 11.1. The maximum Gasteiger partial charge on any atom is 0.246 e. The first-order chi connectivity index (χ1) is 7.56. The molecule has 0 aromatic heterocycles. The maximum absolute atomic E-state index is 11.1. The molecule has 1 heterocycles. The lowest BCUT2D eigenvalue weighted by Gasteiger charge is -2.22. The molecule has 1 saturated heterocycles. The van der Waals surface area contributed by atoms with Crippen LogP contribution < -0.4 is 5.32 Å². The molecular formula is C10H20N2O4. The number of ether oxygens (including phenoxy) is 2. The molecule has 6 heteroatoms. The van der Waals surface area contributed by atoms with Gasteiger partial charge in [-0.2, -0.15) is 0 Å². The van der Waals surface area contributed by atoms with Gasteiger partial charge in [-0.25, -0.2) is 0 Å². The third kappa shape index (κ3) is 3.41. The number of methoxy groups -OCH3 is 1. The number of rotatable bonds is 5. The number of carbonyl (C=O) groups excluding carboxylic acids is 1. The van der Waals surface area contributed by atoms with Crippen LogP contribution in [0.25, 0.3) is 0 Å². The fourth-order valence-corrected chi connectivity index (χ4v) is 1.70. The number of hydrogen-bond acceptors (Lipinski definition) is 5. The average Bonchev–Trinajstić information content (AvgIpc) is 2.57. The van der Waals surface area contributed by atoms with Gasteiger partial charge in [-0.15, -0.1) is 0 Å². The lowest BCUT2D eigenvalue weighted by atomic mass is 10.1. The second-order valence-corrected chi connectivity index (χ2v) is 4.13. The first-order valence-electron chi connectivity index (χ1n) is 5.28. The van der Waals surface area contributed by atoms with E-state index in [1.165, 1.54) is 7.11 Å². The molecule has 2 N–H and O–H groups in total. The van der Waals surface area contributed by atoms with Crippen molar-refractivity contribution in [3.05, 3.63) is 0 Å². The first-order valence-corrected chi connectivity index (χ1v) is 5.28. The van der Waals surface area contributed by atoms with Crippen molar-refractivity contribution >= 4 is 5.91 Å². The van der Waals surface area contributed by atoms with Crippen LogP contribution in [0.5, 0.6) is 0 Å². The molecule has 6 nitrogen and oxygen atoms in total. The Morgan fingerprint density at radius 2 is 2.31 bits per heavy atom. The van der Waals surface area contributed by atoms with Crippen molar-refractivity contribution in [1.82, 2.24) is 10.2 Å². The summed E-state index contributed by atoms with van der Waals surface area (Å²) in [6.07, 6.45) is -0.911. The number of hydrogen-bond donors (Lipinski definition) is 2. The molecule has 0 aromatic carbocycles. The van der Waals surface area contributed by atoms with Gasteiger partial charge in [-0.3, -0.25) is 4.79 Å². The SMILES string of the molecule is COCC(=O)NC[C@H]1OC[C@@H](N(C)C)[C@@H]1O. The molecule has 1 amide bonds. The van der Waals surface area contributed by atoms with E-state index < -0.39 is 6.10 Å². The topological polar surface area (TPSA) is 71.0 Å². The lowest BCUT2D eigenvalue weighted by Crippen LogP contribution is -2.44. The van der Waals surface area contributed by atoms with Gasteiger partial charge in [0, 0.05) is 13.7 Å². The Kier molecular flexibility index (Phi) is 5.14. The minimum absolute atomic E-state index is 0.00988. The van der Waals surface area contributed by atoms with Crippen LogP contribution in [-0.2, 0) is 14.3 Å². The number of aliphatic hydroxyl groups is 1. The molecule has 0 saturated carbocycles. The number of amides is 1. The van der Waals surface area contributed by atoms with E-state index in [1.807, 2.05) is 19.0 Å². The molecule has 1 aliphatic heterocycles. The van der Waals surface area contributed by atoms with Gasteiger partial charge < -0.3 is 24.8 Å². The average molecular weight is 232 g/mol. The Morgan fingerprint density at radius 3 is 2.81 bits per heavy atom. The van der Waals surface area contributed by atoms with Crippen molar-refractivity contribution in [2.24, 2.45) is 0 Å². The monoisotopic (exact) mass is 232 g/mol. The van der Waals surface area contributed by atoms with Gasteiger partial charge >= 0.3 is 0 Å². The smallest absolute Gasteiger partial charge is 0.246 e. The first kappa shape index (κ1) is 13.4. The van der Waals surface area contributed by atoms with Gasteiger partial charge in [0.15, 0.2) is 0 Å². The molecule has 0 spiro atoms. The van der Waals surface area contributed by atoms with Crippen LogP contribution >= 0.6 is 0 Å². The number of likely N-dealkylation sites (N-methyl/N-ethyl adjacent to an activating group) is 1. The van der Waals surface area contributed by atoms with Crippen molar-refractivity contribution in [2.75, 3.05) is 41.0 Å². The molecule has 0 radical (unpaired) electrons. The molecule has 16 heavy (non-hydrogen) atoms. The quantitative estimate of drug-likeness (QED) is 0.600. The van der Waals surface area contributed by atoms with E-state index in [-0.39, 0.29) is 24.7 Å². The van der Waals surface area contributed by atoms with E-state index in [1.54, 1.807) is 0 Å². The second kappa shape index (κ2) is 6.15. The zero-order valence-electron chi connectivity index (χ0n) is 9.97. The van der Waals surface area contributed by atoms with E-state index in [9.17, 15) is 9.90 Å². The third-order valence-electron chi connectivity index (χ3n) is 2.70. The second-order valence-electron chi connectivity index (χ2n) is 4.13. The van der Waals surface area contributed by atoms with Crippen molar-refractivity contribution in [2.45, 2.75) is 18.2 Å². The Hall–Kier alpha value is -0.690. The largest absolute Gasteiger partial charge is 0.389 e. The summed E-state index contributed by atoms with van der Waals surface area (Å²) in [5, 5.41) is 12.6. The predicted molar refractivity (Wildman–Crippen MR) is 58.1 cm³/mol. The fourth-order valence-electron chi connectivity index (χ4n) is 1.70. The highest BCUT2D eigenvalue weighted by Crippen LogP contribution is 2.17. The van der Waals surface area contributed by atoms with E-state index in [0.717, 1.165) is 0 Å². The van der Waals surface area contributed by atoms with E-state index >= 15 is 0 Å². The van der Waals surface area contributed by atoms with Gasteiger partial charge in [0.1, 0.15) is 12.7 Å². The van der Waals surface area contributed by atoms with Crippen molar-refractivity contribution in [3.63, 3.8) is 0 Å². The van der Waals surface area contributed by atoms with Crippen LogP contribution in [0.1, 0.15) is 0 Å². The Morgan fingerprint density at radius 1 is 1.62 bits per heavy atom. The van der Waals surface area contributed by atoms with Crippen molar-refractivity contribution in [1.29, 1.82) is 0 Å². The molecule has 0 unspecified atom stereocenters. The molecule has 0 aromatic rings. The summed E-state index contributed by atoms with van der Waals surface area (Å²) in [6, 6.07) is -0.00988. The summed E-state index contributed by atoms with van der Waals surface area (Å²) in [7, 11) is 5.24. The predicted octanol–water partition coefficient (Wildman–Crippen LogP) is -1.56. The van der Waals surface area contributed by atoms with Crippen LogP contribution in [0.2, 0.25) is 0 Å². The normalized spacial score (nSPS) is 29.7. The summed E-state index contributed by atoms with van der Waals surface area (Å²) in [4.78, 5) is 13.1. The minimum atomic E-state index is -0.571. The molecule has 1 rings (SSSR count). The Labute approximate surface area is 95.5 Å². The summed E-state index contributed by atoms with van der Waals surface area (Å²) >= 11 is 0. The van der Waals surface area contributed by atoms with Gasteiger partial charge in [-0.1, -0.05) is 0 Å². The highest BCUT2D eigenvalue weighted by molar-refractivity contribution is 5.77. The number of nitrogens with zero attached hydrogens (tertiary/aromatic N) is 1. The third-order valence-corrected chi connectivity index (χ3v) is 2.70. The summed E-state index contributed by atoms with van der Waals surface area (Å²) in [6.45, 7) is 0.826. The zero-order chi connectivity index (χ0) is 12.1. The molecule has 0 aliphatic carbocycles. The van der Waals surface area contributed by atoms with Gasteiger partial charge in [0.05, 0.1) is 18.8 Å². The van der Waals surface area contributed by atoms with Crippen molar-refractivity contribution in [3.8, 4) is 0 Å². The van der Waals surface area contributed by atoms with E-state index in [2.05, 4.69) is 10.1 Å². The van der Waals surface area contributed by atoms with Crippen LogP contribution in [0.3, 0.4) is 0 Å². The van der Waals surface area contributed by atoms with Gasteiger partial charge in [0.25, 0.3) is 0 Å². The summed E-state index contributed by atoms with van der Waals surface area (Å²) in [5.41, 5.74) is 0. The van der Waals surface area contributed by atoms with Crippen LogP contribution in [0.4, 0.5) is 0 Å². The molecule has 3 atom stereocenters. The standard InChI is InChI=1S/C10H20N2O4/c1-12(2)7-5-16-8(10(7)14)4-11-9(13)6-15-3/h7-8,10,14H,4-6H2,1-3H3,(H,11,13)/t7-,8-,10+/m1/s1. The van der Waals surface area contributed by atoms with Gasteiger partial charge in [0.2, 0.25) is 5.91 Å². The number of carbonyl (C=O) groups is 1. The van der Waals surface area contributed by atoms with Crippen LogP contribution in [-0.4, -0.2) is 75.1 Å². The lowest BCUT2D eigenvalue weighted by molar-refractivity contribution is -0.125. The van der Waals surface area contributed by atoms with Crippen LogP contribution in [0, 0.1) is 0 Å². The molecule has 94 valence electrons. The highest BCUT2D eigenvalue weighted by atomic mass is 16.5.